The summed E-state index contributed by atoms with van der Waals surface area (Å²) in [6, 6.07) is 7.48. The van der Waals surface area contributed by atoms with Gasteiger partial charge in [-0.15, -0.1) is 11.8 Å². The maximum absolute atomic E-state index is 11.5. The molecule has 2 aromatic rings. The first-order valence-electron chi connectivity index (χ1n) is 6.94. The topological polar surface area (TPSA) is 74.2 Å². The van der Waals surface area contributed by atoms with E-state index in [0.717, 1.165) is 16.6 Å². The first kappa shape index (κ1) is 16.9. The Morgan fingerprint density at radius 1 is 1.32 bits per heavy atom. The first-order valence-corrected chi connectivity index (χ1v) is 8.47. The molecule has 0 fully saturated rings. The van der Waals surface area contributed by atoms with Crippen LogP contribution in [0, 0.1) is 0 Å². The van der Waals surface area contributed by atoms with Crippen molar-refractivity contribution in [3.05, 3.63) is 35.5 Å². The summed E-state index contributed by atoms with van der Waals surface area (Å²) in [5.74, 6) is 0.931. The summed E-state index contributed by atoms with van der Waals surface area (Å²) in [4.78, 5) is 15.8. The highest BCUT2D eigenvalue weighted by atomic mass is 35.5. The fraction of sp³-hybridized carbons (Fsp3) is 0.333. The van der Waals surface area contributed by atoms with Crippen molar-refractivity contribution < 1.29 is 9.90 Å². The maximum Gasteiger partial charge on any atom is 0.230 e. The summed E-state index contributed by atoms with van der Waals surface area (Å²) in [5.41, 5.74) is 1.80. The van der Waals surface area contributed by atoms with Crippen molar-refractivity contribution in [2.24, 2.45) is 0 Å². The van der Waals surface area contributed by atoms with E-state index in [0.29, 0.717) is 29.6 Å². The Balaban J connectivity index is 1.81. The number of aliphatic hydroxyl groups is 1. The molecule has 0 aliphatic heterocycles. The molecule has 0 bridgehead atoms. The van der Waals surface area contributed by atoms with E-state index in [-0.39, 0.29) is 12.5 Å². The van der Waals surface area contributed by atoms with Gasteiger partial charge in [0.05, 0.1) is 17.9 Å². The van der Waals surface area contributed by atoms with Gasteiger partial charge in [-0.1, -0.05) is 11.6 Å². The van der Waals surface area contributed by atoms with Gasteiger partial charge >= 0.3 is 0 Å². The van der Waals surface area contributed by atoms with Crippen molar-refractivity contribution >= 4 is 45.9 Å². The van der Waals surface area contributed by atoms with E-state index >= 15 is 0 Å². The summed E-state index contributed by atoms with van der Waals surface area (Å²) in [7, 11) is 0. The largest absolute Gasteiger partial charge is 0.396 e. The minimum Gasteiger partial charge on any atom is -0.396 e. The highest BCUT2D eigenvalue weighted by Gasteiger charge is 2.03. The van der Waals surface area contributed by atoms with Crippen LogP contribution in [-0.4, -0.2) is 47.2 Å². The minimum absolute atomic E-state index is 0.0216. The quantitative estimate of drug-likeness (QED) is 0.643. The molecule has 0 unspecified atom stereocenters. The fourth-order valence-electron chi connectivity index (χ4n) is 1.95. The third-order valence-electron chi connectivity index (χ3n) is 2.94. The zero-order valence-corrected chi connectivity index (χ0v) is 13.6. The molecule has 1 heterocycles. The normalized spacial score (nSPS) is 10.6. The zero-order valence-electron chi connectivity index (χ0n) is 12.0. The number of nitrogens with zero attached hydrogens (tertiary/aromatic N) is 1. The van der Waals surface area contributed by atoms with E-state index in [1.54, 1.807) is 6.20 Å². The molecule has 1 aromatic heterocycles. The summed E-state index contributed by atoms with van der Waals surface area (Å²) in [5, 5.41) is 16.4. The van der Waals surface area contributed by atoms with Gasteiger partial charge in [0, 0.05) is 41.1 Å². The van der Waals surface area contributed by atoms with Crippen LogP contribution in [0.4, 0.5) is 5.69 Å². The standard InChI is InChI=1S/C15H18ClN3O2S/c16-11-1-2-12-13(3-4-17-14(12)9-11)18-5-6-19-15(21)10-22-8-7-20/h1-4,9,20H,5-8,10H2,(H,17,18)(H,19,21). The van der Waals surface area contributed by atoms with Gasteiger partial charge in [0.2, 0.25) is 5.91 Å². The molecule has 0 atom stereocenters. The Morgan fingerprint density at radius 3 is 3.00 bits per heavy atom. The lowest BCUT2D eigenvalue weighted by molar-refractivity contribution is -0.118. The third-order valence-corrected chi connectivity index (χ3v) is 4.11. The number of amides is 1. The average molecular weight is 340 g/mol. The van der Waals surface area contributed by atoms with Crippen LogP contribution in [-0.2, 0) is 4.79 Å². The number of thioether (sulfide) groups is 1. The molecule has 0 saturated carbocycles. The lowest BCUT2D eigenvalue weighted by atomic mass is 10.2. The molecule has 0 aliphatic carbocycles. The molecule has 7 heteroatoms. The molecule has 0 spiro atoms. The summed E-state index contributed by atoms with van der Waals surface area (Å²) < 4.78 is 0. The number of hydrogen-bond donors (Lipinski definition) is 3. The van der Waals surface area contributed by atoms with Gasteiger partial charge < -0.3 is 15.7 Å². The van der Waals surface area contributed by atoms with Crippen LogP contribution in [0.2, 0.25) is 5.02 Å². The predicted molar refractivity (Wildman–Crippen MR) is 92.7 cm³/mol. The molecule has 2 rings (SSSR count). The van der Waals surface area contributed by atoms with Crippen LogP contribution in [0.1, 0.15) is 0 Å². The second-order valence-corrected chi connectivity index (χ2v) is 6.11. The molecule has 1 aromatic carbocycles. The Labute approximate surface area is 138 Å². The second-order valence-electron chi connectivity index (χ2n) is 4.57. The smallest absolute Gasteiger partial charge is 0.230 e. The van der Waals surface area contributed by atoms with Crippen molar-refractivity contribution in [2.75, 3.05) is 36.5 Å². The molecule has 0 saturated heterocycles. The molecular formula is C15H18ClN3O2S. The van der Waals surface area contributed by atoms with Gasteiger partial charge in [0.25, 0.3) is 0 Å². The van der Waals surface area contributed by atoms with E-state index in [9.17, 15) is 4.79 Å². The number of rotatable bonds is 8. The van der Waals surface area contributed by atoms with E-state index in [4.69, 9.17) is 16.7 Å². The van der Waals surface area contributed by atoms with Crippen LogP contribution in [0.5, 0.6) is 0 Å². The van der Waals surface area contributed by atoms with Gasteiger partial charge in [-0.3, -0.25) is 9.78 Å². The molecule has 1 amide bonds. The third kappa shape index (κ3) is 5.05. The molecule has 118 valence electrons. The molecule has 5 nitrogen and oxygen atoms in total. The van der Waals surface area contributed by atoms with Gasteiger partial charge in [-0.2, -0.15) is 0 Å². The van der Waals surface area contributed by atoms with Crippen molar-refractivity contribution in [3.63, 3.8) is 0 Å². The highest BCUT2D eigenvalue weighted by molar-refractivity contribution is 7.99. The van der Waals surface area contributed by atoms with Crippen molar-refractivity contribution in [1.82, 2.24) is 10.3 Å². The second kappa shape index (κ2) is 8.82. The van der Waals surface area contributed by atoms with Crippen LogP contribution in [0.15, 0.2) is 30.5 Å². The number of carbonyl (C=O) groups excluding carboxylic acids is 1. The van der Waals surface area contributed by atoms with Crippen LogP contribution in [0.3, 0.4) is 0 Å². The van der Waals surface area contributed by atoms with E-state index < -0.39 is 0 Å². The van der Waals surface area contributed by atoms with Gasteiger partial charge in [0.1, 0.15) is 0 Å². The predicted octanol–water partition coefficient (Wildman–Crippen LogP) is 2.14. The number of nitrogens with one attached hydrogen (secondary N) is 2. The lowest BCUT2D eigenvalue weighted by Gasteiger charge is -2.10. The van der Waals surface area contributed by atoms with Crippen molar-refractivity contribution in [3.8, 4) is 0 Å². The zero-order chi connectivity index (χ0) is 15.8. The summed E-state index contributed by atoms with van der Waals surface area (Å²) in [6.07, 6.45) is 1.73. The number of pyridine rings is 1. The number of anilines is 1. The molecule has 3 N–H and O–H groups in total. The fourth-order valence-corrected chi connectivity index (χ4v) is 2.68. The first-order chi connectivity index (χ1) is 10.7. The SMILES string of the molecule is O=C(CSCCO)NCCNc1ccnc2cc(Cl)ccc12. The summed E-state index contributed by atoms with van der Waals surface area (Å²) >= 11 is 7.38. The van der Waals surface area contributed by atoms with Crippen LogP contribution in [0.25, 0.3) is 10.9 Å². The molecule has 22 heavy (non-hydrogen) atoms. The monoisotopic (exact) mass is 339 g/mol. The van der Waals surface area contributed by atoms with Crippen molar-refractivity contribution in [2.45, 2.75) is 0 Å². The van der Waals surface area contributed by atoms with Gasteiger partial charge in [-0.05, 0) is 24.3 Å². The maximum atomic E-state index is 11.5. The van der Waals surface area contributed by atoms with Crippen LogP contribution >= 0.6 is 23.4 Å². The van der Waals surface area contributed by atoms with E-state index in [1.807, 2.05) is 24.3 Å². The Bertz CT molecular complexity index is 639. The number of benzene rings is 1. The van der Waals surface area contributed by atoms with Gasteiger partial charge in [0.15, 0.2) is 0 Å². The molecule has 0 aliphatic rings. The Morgan fingerprint density at radius 2 is 2.18 bits per heavy atom. The highest BCUT2D eigenvalue weighted by Crippen LogP contribution is 2.23. The average Bonchev–Trinajstić information content (AvgIpc) is 2.51. The van der Waals surface area contributed by atoms with E-state index in [2.05, 4.69) is 15.6 Å². The van der Waals surface area contributed by atoms with E-state index in [1.165, 1.54) is 11.8 Å². The molecule has 0 radical (unpaired) electrons. The number of halogens is 1. The number of aromatic nitrogens is 1. The number of fused-ring (bicyclic) bond motifs is 1. The molecular weight excluding hydrogens is 322 g/mol. The van der Waals surface area contributed by atoms with Gasteiger partial charge in [-0.25, -0.2) is 0 Å². The van der Waals surface area contributed by atoms with Crippen molar-refractivity contribution in [1.29, 1.82) is 0 Å². The van der Waals surface area contributed by atoms with Crippen LogP contribution < -0.4 is 10.6 Å². The summed E-state index contributed by atoms with van der Waals surface area (Å²) in [6.45, 7) is 1.26. The Kier molecular flexibility index (Phi) is 6.76. The minimum atomic E-state index is -0.0216. The number of carbonyl (C=O) groups is 1. The number of aliphatic hydroxyl groups excluding tert-OH is 1. The Hall–Kier alpha value is -1.50. The lowest BCUT2D eigenvalue weighted by Crippen LogP contribution is -2.30. The number of hydrogen-bond acceptors (Lipinski definition) is 5.